The van der Waals surface area contributed by atoms with Crippen molar-refractivity contribution in [3.05, 3.63) is 48.3 Å². The number of benzene rings is 3. The zero-order valence-corrected chi connectivity index (χ0v) is 14.8. The van der Waals surface area contributed by atoms with Gasteiger partial charge in [-0.3, -0.25) is 0 Å². The monoisotopic (exact) mass is 372 g/mol. The van der Waals surface area contributed by atoms with Crippen LogP contribution in [0, 0.1) is 5.82 Å². The number of phenolic OH excluding ortho intramolecular Hbond substituents is 1. The maximum atomic E-state index is 13.7. The van der Waals surface area contributed by atoms with E-state index in [9.17, 15) is 9.50 Å². The van der Waals surface area contributed by atoms with Crippen LogP contribution < -0.4 is 4.74 Å². The molecule has 0 spiro atoms. The molecular formula is C21H21FO5. The van der Waals surface area contributed by atoms with Gasteiger partial charge >= 0.3 is 0 Å². The molecular weight excluding hydrogens is 351 g/mol. The fourth-order valence-corrected chi connectivity index (χ4v) is 3.05. The largest absolute Gasteiger partial charge is 0.507 e. The Morgan fingerprint density at radius 1 is 0.926 bits per heavy atom. The van der Waals surface area contributed by atoms with E-state index in [1.807, 2.05) is 18.2 Å². The molecule has 1 aliphatic heterocycles. The zero-order chi connectivity index (χ0) is 18.6. The van der Waals surface area contributed by atoms with Crippen LogP contribution in [0.15, 0.2) is 42.5 Å². The van der Waals surface area contributed by atoms with Crippen LogP contribution in [-0.4, -0.2) is 50.9 Å². The van der Waals surface area contributed by atoms with Crippen molar-refractivity contribution in [1.29, 1.82) is 0 Å². The summed E-state index contributed by atoms with van der Waals surface area (Å²) in [5, 5.41) is 13.0. The van der Waals surface area contributed by atoms with E-state index in [0.717, 1.165) is 12.0 Å². The predicted molar refractivity (Wildman–Crippen MR) is 99.9 cm³/mol. The third-order valence-corrected chi connectivity index (χ3v) is 4.46. The molecule has 0 bridgehead atoms. The Hall–Kier alpha value is -2.41. The molecule has 3 aromatic carbocycles. The molecule has 0 aliphatic carbocycles. The van der Waals surface area contributed by atoms with Gasteiger partial charge in [0.05, 0.1) is 33.0 Å². The number of fused-ring (bicyclic) bond motifs is 2. The SMILES string of the molecule is Oc1c2ccccc2c(OCCOCCOCC2CO2)c2ccc(F)cc12. The molecule has 4 rings (SSSR count). The summed E-state index contributed by atoms with van der Waals surface area (Å²) in [5.74, 6) is 0.267. The van der Waals surface area contributed by atoms with Crippen molar-refractivity contribution >= 4 is 21.5 Å². The van der Waals surface area contributed by atoms with Crippen molar-refractivity contribution in [2.24, 2.45) is 0 Å². The number of epoxide rings is 1. The molecule has 142 valence electrons. The Labute approximate surface area is 156 Å². The van der Waals surface area contributed by atoms with E-state index < -0.39 is 5.82 Å². The smallest absolute Gasteiger partial charge is 0.135 e. The number of phenols is 1. The minimum atomic E-state index is -0.404. The van der Waals surface area contributed by atoms with Gasteiger partial charge in [-0.05, 0) is 18.2 Å². The molecule has 0 aromatic heterocycles. The Morgan fingerprint density at radius 3 is 2.44 bits per heavy atom. The summed E-state index contributed by atoms with van der Waals surface area (Å²) in [6.07, 6.45) is 0.259. The Morgan fingerprint density at radius 2 is 1.63 bits per heavy atom. The fraction of sp³-hybridized carbons (Fsp3) is 0.333. The zero-order valence-electron chi connectivity index (χ0n) is 14.8. The van der Waals surface area contributed by atoms with Gasteiger partial charge in [-0.1, -0.05) is 24.3 Å². The standard InChI is InChI=1S/C21H21FO5/c22-14-5-6-18-19(11-14)20(23)16-3-1-2-4-17(16)21(18)26-10-9-24-7-8-25-12-15-13-27-15/h1-6,11,15,23H,7-10,12-13H2. The first-order chi connectivity index (χ1) is 13.2. The third kappa shape index (κ3) is 4.13. The van der Waals surface area contributed by atoms with Gasteiger partial charge in [-0.25, -0.2) is 4.39 Å². The van der Waals surface area contributed by atoms with Crippen LogP contribution in [0.1, 0.15) is 0 Å². The average molecular weight is 372 g/mol. The highest BCUT2D eigenvalue weighted by atomic mass is 19.1. The van der Waals surface area contributed by atoms with E-state index in [0.29, 0.717) is 54.9 Å². The van der Waals surface area contributed by atoms with Crippen molar-refractivity contribution in [2.45, 2.75) is 6.10 Å². The van der Waals surface area contributed by atoms with Gasteiger partial charge < -0.3 is 24.1 Å². The highest BCUT2D eigenvalue weighted by molar-refractivity contribution is 6.10. The molecule has 27 heavy (non-hydrogen) atoms. The fourth-order valence-electron chi connectivity index (χ4n) is 3.05. The molecule has 0 saturated carbocycles. The summed E-state index contributed by atoms with van der Waals surface area (Å²) < 4.78 is 35.6. The first-order valence-corrected chi connectivity index (χ1v) is 8.97. The third-order valence-electron chi connectivity index (χ3n) is 4.46. The van der Waals surface area contributed by atoms with Gasteiger partial charge in [0.2, 0.25) is 0 Å². The lowest BCUT2D eigenvalue weighted by Crippen LogP contribution is -2.12. The number of hydrogen-bond donors (Lipinski definition) is 1. The van der Waals surface area contributed by atoms with Gasteiger partial charge in [0, 0.05) is 21.5 Å². The number of ether oxygens (including phenoxy) is 4. The molecule has 1 N–H and O–H groups in total. The number of rotatable bonds is 9. The van der Waals surface area contributed by atoms with Crippen LogP contribution in [0.5, 0.6) is 11.5 Å². The van der Waals surface area contributed by atoms with Gasteiger partial charge in [-0.2, -0.15) is 0 Å². The topological polar surface area (TPSA) is 60.5 Å². The Balaban J connectivity index is 1.44. The van der Waals surface area contributed by atoms with Crippen LogP contribution in [0.25, 0.3) is 21.5 Å². The second-order valence-electron chi connectivity index (χ2n) is 6.40. The minimum Gasteiger partial charge on any atom is -0.507 e. The molecule has 6 heteroatoms. The Bertz CT molecular complexity index is 939. The van der Waals surface area contributed by atoms with Crippen molar-refractivity contribution in [1.82, 2.24) is 0 Å². The van der Waals surface area contributed by atoms with Crippen molar-refractivity contribution in [3.63, 3.8) is 0 Å². The molecule has 1 heterocycles. The molecule has 1 saturated heterocycles. The summed E-state index contributed by atoms with van der Waals surface area (Å²) in [7, 11) is 0. The van der Waals surface area contributed by atoms with Crippen LogP contribution in [0.4, 0.5) is 4.39 Å². The van der Waals surface area contributed by atoms with E-state index >= 15 is 0 Å². The molecule has 0 radical (unpaired) electrons. The Kier molecular flexibility index (Phi) is 5.38. The van der Waals surface area contributed by atoms with Crippen molar-refractivity contribution in [2.75, 3.05) is 39.6 Å². The van der Waals surface area contributed by atoms with E-state index in [1.165, 1.54) is 12.1 Å². The van der Waals surface area contributed by atoms with E-state index in [-0.39, 0.29) is 11.9 Å². The summed E-state index contributed by atoms with van der Waals surface area (Å²) >= 11 is 0. The summed E-state index contributed by atoms with van der Waals surface area (Å²) in [4.78, 5) is 0. The predicted octanol–water partition coefficient (Wildman–Crippen LogP) is 3.65. The molecule has 5 nitrogen and oxygen atoms in total. The highest BCUT2D eigenvalue weighted by Crippen LogP contribution is 2.42. The summed E-state index contributed by atoms with van der Waals surface area (Å²) in [6.45, 7) is 3.14. The lowest BCUT2D eigenvalue weighted by atomic mass is 10.0. The van der Waals surface area contributed by atoms with Crippen LogP contribution in [0.3, 0.4) is 0 Å². The van der Waals surface area contributed by atoms with Crippen LogP contribution in [0.2, 0.25) is 0 Å². The van der Waals surface area contributed by atoms with Crippen molar-refractivity contribution < 1.29 is 28.4 Å². The van der Waals surface area contributed by atoms with Gasteiger partial charge in [0.1, 0.15) is 30.0 Å². The maximum Gasteiger partial charge on any atom is 0.135 e. The molecule has 0 amide bonds. The number of hydrogen-bond acceptors (Lipinski definition) is 5. The van der Waals surface area contributed by atoms with Crippen molar-refractivity contribution in [3.8, 4) is 11.5 Å². The van der Waals surface area contributed by atoms with E-state index in [1.54, 1.807) is 12.1 Å². The molecule has 1 unspecified atom stereocenters. The molecule has 3 aromatic rings. The first-order valence-electron chi connectivity index (χ1n) is 8.97. The second kappa shape index (κ2) is 8.08. The highest BCUT2D eigenvalue weighted by Gasteiger charge is 2.22. The van der Waals surface area contributed by atoms with E-state index in [4.69, 9.17) is 18.9 Å². The van der Waals surface area contributed by atoms with Crippen LogP contribution in [-0.2, 0) is 14.2 Å². The van der Waals surface area contributed by atoms with Crippen LogP contribution >= 0.6 is 0 Å². The summed E-state index contributed by atoms with van der Waals surface area (Å²) in [6, 6.07) is 11.7. The molecule has 1 aliphatic rings. The first kappa shape index (κ1) is 18.0. The minimum absolute atomic E-state index is 0.0560. The number of aromatic hydroxyl groups is 1. The quantitative estimate of drug-likeness (QED) is 0.353. The molecule has 1 fully saturated rings. The van der Waals surface area contributed by atoms with E-state index in [2.05, 4.69) is 0 Å². The maximum absolute atomic E-state index is 13.7. The lowest BCUT2D eigenvalue weighted by Gasteiger charge is -2.15. The normalized spacial score (nSPS) is 16.1. The second-order valence-corrected chi connectivity index (χ2v) is 6.40. The molecule has 1 atom stereocenters. The van der Waals surface area contributed by atoms with Gasteiger partial charge in [-0.15, -0.1) is 0 Å². The van der Waals surface area contributed by atoms with Gasteiger partial charge in [0.15, 0.2) is 0 Å². The number of halogens is 1. The van der Waals surface area contributed by atoms with Gasteiger partial charge in [0.25, 0.3) is 0 Å². The summed E-state index contributed by atoms with van der Waals surface area (Å²) in [5.41, 5.74) is 0. The lowest BCUT2D eigenvalue weighted by molar-refractivity contribution is 0.0320. The average Bonchev–Trinajstić information content (AvgIpc) is 3.51.